The third-order valence-electron chi connectivity index (χ3n) is 3.76. The van der Waals surface area contributed by atoms with Crippen LogP contribution in [0, 0.1) is 13.8 Å². The van der Waals surface area contributed by atoms with Gasteiger partial charge in [0, 0.05) is 10.7 Å². The molecule has 0 spiro atoms. The molecule has 26 heavy (non-hydrogen) atoms. The van der Waals surface area contributed by atoms with Crippen molar-refractivity contribution < 1.29 is 17.9 Å². The largest absolute Gasteiger partial charge is 0.495 e. The van der Waals surface area contributed by atoms with Crippen molar-refractivity contribution in [2.24, 2.45) is 0 Å². The number of anilines is 2. The van der Waals surface area contributed by atoms with Crippen molar-refractivity contribution in [3.63, 3.8) is 0 Å². The van der Waals surface area contributed by atoms with Gasteiger partial charge in [0.2, 0.25) is 15.9 Å². The molecule has 1 amide bonds. The molecule has 140 valence electrons. The molecule has 0 fully saturated rings. The van der Waals surface area contributed by atoms with Crippen molar-refractivity contribution in [1.82, 2.24) is 0 Å². The molecule has 6 nitrogen and oxygen atoms in total. The van der Waals surface area contributed by atoms with Gasteiger partial charge in [0.15, 0.2) is 0 Å². The van der Waals surface area contributed by atoms with E-state index in [9.17, 15) is 13.2 Å². The number of hydrogen-bond acceptors (Lipinski definition) is 4. The topological polar surface area (TPSA) is 75.7 Å². The summed E-state index contributed by atoms with van der Waals surface area (Å²) in [5, 5.41) is 3.09. The van der Waals surface area contributed by atoms with Crippen molar-refractivity contribution >= 4 is 38.9 Å². The minimum Gasteiger partial charge on any atom is -0.495 e. The molecule has 0 saturated heterocycles. The standard InChI is InChI=1S/C18H21ClN2O4S/c1-12-5-6-13(2)15(9-12)20-18(22)11-21(26(4,23)24)16-10-14(19)7-8-17(16)25-3/h5-10H,11H2,1-4H3,(H,20,22). The molecule has 8 heteroatoms. The Balaban J connectivity index is 2.34. The van der Waals surface area contributed by atoms with E-state index < -0.39 is 22.5 Å². The number of sulfonamides is 1. The number of benzene rings is 2. The Kier molecular flexibility index (Phi) is 6.15. The smallest absolute Gasteiger partial charge is 0.245 e. The van der Waals surface area contributed by atoms with Crippen molar-refractivity contribution in [2.75, 3.05) is 29.5 Å². The van der Waals surface area contributed by atoms with E-state index >= 15 is 0 Å². The van der Waals surface area contributed by atoms with Crippen LogP contribution in [0.3, 0.4) is 0 Å². The number of ether oxygens (including phenoxy) is 1. The van der Waals surface area contributed by atoms with Crippen LogP contribution in [0.4, 0.5) is 11.4 Å². The number of rotatable bonds is 6. The number of nitrogens with zero attached hydrogens (tertiary/aromatic N) is 1. The molecule has 0 aliphatic heterocycles. The van der Waals surface area contributed by atoms with Crippen LogP contribution in [0.25, 0.3) is 0 Å². The maximum absolute atomic E-state index is 12.5. The average molecular weight is 397 g/mol. The van der Waals surface area contributed by atoms with E-state index in [-0.39, 0.29) is 5.69 Å². The quantitative estimate of drug-likeness (QED) is 0.812. The van der Waals surface area contributed by atoms with Crippen LogP contribution in [0.2, 0.25) is 5.02 Å². The number of amides is 1. The first-order valence-corrected chi connectivity index (χ1v) is 10.0. The highest BCUT2D eigenvalue weighted by Crippen LogP contribution is 2.32. The lowest BCUT2D eigenvalue weighted by Crippen LogP contribution is -2.37. The molecule has 0 saturated carbocycles. The van der Waals surface area contributed by atoms with Gasteiger partial charge in [0.1, 0.15) is 12.3 Å². The third kappa shape index (κ3) is 4.89. The Morgan fingerprint density at radius 3 is 2.50 bits per heavy atom. The van der Waals surface area contributed by atoms with E-state index in [4.69, 9.17) is 16.3 Å². The van der Waals surface area contributed by atoms with Gasteiger partial charge in [-0.05, 0) is 49.2 Å². The minimum atomic E-state index is -3.74. The molecule has 2 aromatic rings. The first kappa shape index (κ1) is 20.1. The maximum Gasteiger partial charge on any atom is 0.245 e. The number of methoxy groups -OCH3 is 1. The monoisotopic (exact) mass is 396 g/mol. The zero-order valence-electron chi connectivity index (χ0n) is 15.0. The first-order chi connectivity index (χ1) is 12.1. The highest BCUT2D eigenvalue weighted by Gasteiger charge is 2.24. The number of carbonyl (C=O) groups is 1. The van der Waals surface area contributed by atoms with Crippen molar-refractivity contribution in [2.45, 2.75) is 13.8 Å². The molecular weight excluding hydrogens is 376 g/mol. The molecular formula is C18H21ClN2O4S. The van der Waals surface area contributed by atoms with E-state index in [1.165, 1.54) is 13.2 Å². The molecule has 0 radical (unpaired) electrons. The van der Waals surface area contributed by atoms with Gasteiger partial charge >= 0.3 is 0 Å². The lowest BCUT2D eigenvalue weighted by Gasteiger charge is -2.24. The van der Waals surface area contributed by atoms with E-state index in [1.807, 2.05) is 32.0 Å². The summed E-state index contributed by atoms with van der Waals surface area (Å²) in [7, 11) is -2.32. The summed E-state index contributed by atoms with van der Waals surface area (Å²) in [6.45, 7) is 3.38. The fraction of sp³-hybridized carbons (Fsp3) is 0.278. The van der Waals surface area contributed by atoms with Gasteiger partial charge in [0.05, 0.1) is 19.1 Å². The van der Waals surface area contributed by atoms with Crippen molar-refractivity contribution in [3.05, 3.63) is 52.5 Å². The molecule has 0 unspecified atom stereocenters. The van der Waals surface area contributed by atoms with Gasteiger partial charge < -0.3 is 10.1 Å². The molecule has 0 aromatic heterocycles. The predicted octanol–water partition coefficient (Wildman–Crippen LogP) is 3.37. The normalized spacial score (nSPS) is 11.1. The zero-order chi connectivity index (χ0) is 19.5. The SMILES string of the molecule is COc1ccc(Cl)cc1N(CC(=O)Nc1cc(C)ccc1C)S(C)(=O)=O. The minimum absolute atomic E-state index is 0.207. The van der Waals surface area contributed by atoms with Gasteiger partial charge in [-0.3, -0.25) is 9.10 Å². The Labute approximate surface area is 158 Å². The predicted molar refractivity (Wildman–Crippen MR) is 105 cm³/mol. The van der Waals surface area contributed by atoms with Crippen LogP contribution in [0.5, 0.6) is 5.75 Å². The van der Waals surface area contributed by atoms with E-state index in [0.29, 0.717) is 16.5 Å². The molecule has 0 bridgehead atoms. The van der Waals surface area contributed by atoms with Crippen molar-refractivity contribution in [3.8, 4) is 5.75 Å². The van der Waals surface area contributed by atoms with Gasteiger partial charge in [-0.15, -0.1) is 0 Å². The van der Waals surface area contributed by atoms with Crippen LogP contribution < -0.4 is 14.4 Å². The van der Waals surface area contributed by atoms with E-state index in [0.717, 1.165) is 21.7 Å². The highest BCUT2D eigenvalue weighted by atomic mass is 35.5. The lowest BCUT2D eigenvalue weighted by atomic mass is 10.1. The zero-order valence-corrected chi connectivity index (χ0v) is 16.6. The average Bonchev–Trinajstić information content (AvgIpc) is 2.55. The molecule has 1 N–H and O–H groups in total. The van der Waals surface area contributed by atoms with Gasteiger partial charge in [-0.1, -0.05) is 23.7 Å². The Morgan fingerprint density at radius 2 is 1.88 bits per heavy atom. The number of hydrogen-bond donors (Lipinski definition) is 1. The summed E-state index contributed by atoms with van der Waals surface area (Å²) in [5.74, 6) is -0.162. The third-order valence-corrected chi connectivity index (χ3v) is 5.13. The second-order valence-electron chi connectivity index (χ2n) is 5.95. The van der Waals surface area contributed by atoms with Crippen molar-refractivity contribution in [1.29, 1.82) is 0 Å². The number of halogens is 1. The molecule has 0 aliphatic carbocycles. The fourth-order valence-corrected chi connectivity index (χ4v) is 3.45. The molecule has 0 heterocycles. The number of nitrogens with one attached hydrogen (secondary N) is 1. The highest BCUT2D eigenvalue weighted by molar-refractivity contribution is 7.92. The maximum atomic E-state index is 12.5. The van der Waals surface area contributed by atoms with Gasteiger partial charge in [-0.25, -0.2) is 8.42 Å². The Bertz CT molecular complexity index is 929. The Hall–Kier alpha value is -2.25. The molecule has 2 aromatic carbocycles. The summed E-state index contributed by atoms with van der Waals surface area (Å²) in [6.07, 6.45) is 1.03. The second kappa shape index (κ2) is 7.97. The summed E-state index contributed by atoms with van der Waals surface area (Å²) >= 11 is 5.99. The lowest BCUT2D eigenvalue weighted by molar-refractivity contribution is -0.114. The number of carbonyl (C=O) groups excluding carboxylic acids is 1. The Morgan fingerprint density at radius 1 is 1.19 bits per heavy atom. The van der Waals surface area contributed by atoms with Crippen LogP contribution in [0.15, 0.2) is 36.4 Å². The van der Waals surface area contributed by atoms with Gasteiger partial charge in [0.25, 0.3) is 0 Å². The van der Waals surface area contributed by atoms with E-state index in [2.05, 4.69) is 5.32 Å². The molecule has 2 rings (SSSR count). The summed E-state index contributed by atoms with van der Waals surface area (Å²) in [4.78, 5) is 12.5. The fourth-order valence-electron chi connectivity index (χ4n) is 2.43. The van der Waals surface area contributed by atoms with Crippen LogP contribution in [-0.2, 0) is 14.8 Å². The van der Waals surface area contributed by atoms with Gasteiger partial charge in [-0.2, -0.15) is 0 Å². The number of aryl methyl sites for hydroxylation is 2. The summed E-state index contributed by atoms with van der Waals surface area (Å²) < 4.78 is 30.7. The second-order valence-corrected chi connectivity index (χ2v) is 8.30. The van der Waals surface area contributed by atoms with E-state index in [1.54, 1.807) is 12.1 Å². The summed E-state index contributed by atoms with van der Waals surface area (Å²) in [6, 6.07) is 10.2. The first-order valence-electron chi connectivity index (χ1n) is 7.80. The van der Waals surface area contributed by atoms with Crippen LogP contribution >= 0.6 is 11.6 Å². The van der Waals surface area contributed by atoms with Crippen LogP contribution in [0.1, 0.15) is 11.1 Å². The summed E-state index contributed by atoms with van der Waals surface area (Å²) in [5.41, 5.74) is 2.72. The molecule has 0 atom stereocenters. The molecule has 0 aliphatic rings. The van der Waals surface area contributed by atoms with Crippen LogP contribution in [-0.4, -0.2) is 34.2 Å².